The highest BCUT2D eigenvalue weighted by Gasteiger charge is 2.30. The van der Waals surface area contributed by atoms with Gasteiger partial charge in [0.1, 0.15) is 0 Å². The Kier molecular flexibility index (Phi) is 5.52. The summed E-state index contributed by atoms with van der Waals surface area (Å²) in [7, 11) is -3.10. The van der Waals surface area contributed by atoms with Gasteiger partial charge >= 0.3 is 0 Å². The lowest BCUT2D eigenvalue weighted by Gasteiger charge is -2.42. The molecule has 2 aliphatic rings. The van der Waals surface area contributed by atoms with Gasteiger partial charge < -0.3 is 5.32 Å². The summed E-state index contributed by atoms with van der Waals surface area (Å²) in [5.74, 6) is -0.228. The van der Waals surface area contributed by atoms with Crippen LogP contribution in [0.15, 0.2) is 36.7 Å². The predicted octanol–water partition coefficient (Wildman–Crippen LogP) is 3.78. The van der Waals surface area contributed by atoms with E-state index < -0.39 is 10.8 Å². The molecule has 0 spiro atoms. The number of carbonyl (C=O) groups excluding carboxylic acids is 1. The highest BCUT2D eigenvalue weighted by atomic mass is 32.3. The molecule has 1 amide bonds. The van der Waals surface area contributed by atoms with Gasteiger partial charge in [-0.15, -0.1) is 10.8 Å². The van der Waals surface area contributed by atoms with E-state index in [1.807, 2.05) is 12.1 Å². The van der Waals surface area contributed by atoms with Crippen molar-refractivity contribution >= 4 is 22.5 Å². The second kappa shape index (κ2) is 8.06. The standard InChI is InChI=1S/C20H26N4O3S/c25-20(23-16-12-14-6-4-5-7-15(14)13-16)18-19(22-11-10-21-18)24-28(26,27)17-8-2-1-3-9-17/h4-7,10-11,16-17,26-27H,1-3,8-9,12-13H2,(H,22,24)(H,23,25). The number of carbonyl (C=O) groups is 1. The lowest BCUT2D eigenvalue weighted by Crippen LogP contribution is -2.36. The minimum Gasteiger partial charge on any atom is -0.347 e. The number of hydrogen-bond donors (Lipinski definition) is 4. The summed E-state index contributed by atoms with van der Waals surface area (Å²) in [6.45, 7) is 0. The molecule has 0 atom stereocenters. The molecule has 4 N–H and O–H groups in total. The first-order valence-corrected chi connectivity index (χ1v) is 11.4. The molecule has 2 aliphatic carbocycles. The molecule has 1 aromatic carbocycles. The molecule has 0 radical (unpaired) electrons. The maximum atomic E-state index is 12.8. The first kappa shape index (κ1) is 19.2. The molecule has 0 saturated heterocycles. The van der Waals surface area contributed by atoms with Crippen molar-refractivity contribution < 1.29 is 13.9 Å². The first-order chi connectivity index (χ1) is 13.5. The van der Waals surface area contributed by atoms with Gasteiger partial charge in [-0.2, -0.15) is 0 Å². The second-order valence-electron chi connectivity index (χ2n) is 7.56. The van der Waals surface area contributed by atoms with Crippen LogP contribution in [0.3, 0.4) is 0 Å². The van der Waals surface area contributed by atoms with Crippen molar-refractivity contribution in [2.75, 3.05) is 4.72 Å². The summed E-state index contributed by atoms with van der Waals surface area (Å²) in [4.78, 5) is 21.1. The van der Waals surface area contributed by atoms with Crippen molar-refractivity contribution in [3.63, 3.8) is 0 Å². The van der Waals surface area contributed by atoms with Crippen molar-refractivity contribution in [3.05, 3.63) is 53.5 Å². The van der Waals surface area contributed by atoms with Crippen LogP contribution in [0.4, 0.5) is 5.82 Å². The van der Waals surface area contributed by atoms with Gasteiger partial charge in [-0.25, -0.2) is 9.97 Å². The molecule has 1 saturated carbocycles. The zero-order valence-electron chi connectivity index (χ0n) is 15.7. The fraction of sp³-hybridized carbons (Fsp3) is 0.450. The summed E-state index contributed by atoms with van der Waals surface area (Å²) in [5.41, 5.74) is 2.59. The highest BCUT2D eigenvalue weighted by molar-refractivity contribution is 8.25. The number of hydrogen-bond acceptors (Lipinski definition) is 6. The number of benzene rings is 1. The minimum atomic E-state index is -3.10. The fourth-order valence-electron chi connectivity index (χ4n) is 4.11. The lowest BCUT2D eigenvalue weighted by atomic mass is 10.0. The van der Waals surface area contributed by atoms with E-state index in [2.05, 4.69) is 32.1 Å². The SMILES string of the molecule is O=C(NC1Cc2ccccc2C1)c1nccnc1NS(O)(O)C1CCCCC1. The molecule has 1 aromatic heterocycles. The van der Waals surface area contributed by atoms with E-state index in [-0.39, 0.29) is 28.7 Å². The number of nitrogens with one attached hydrogen (secondary N) is 2. The van der Waals surface area contributed by atoms with E-state index in [0.717, 1.165) is 44.9 Å². The van der Waals surface area contributed by atoms with Gasteiger partial charge in [0.2, 0.25) is 0 Å². The molecular formula is C20H26N4O3S. The van der Waals surface area contributed by atoms with E-state index in [9.17, 15) is 13.9 Å². The Labute approximate surface area is 166 Å². The van der Waals surface area contributed by atoms with Crippen LogP contribution in [0.5, 0.6) is 0 Å². The molecule has 0 unspecified atom stereocenters. The third-order valence-electron chi connectivity index (χ3n) is 5.56. The van der Waals surface area contributed by atoms with Gasteiger partial charge in [0.15, 0.2) is 11.5 Å². The Morgan fingerprint density at radius 1 is 1.00 bits per heavy atom. The molecule has 28 heavy (non-hydrogen) atoms. The van der Waals surface area contributed by atoms with Crippen LogP contribution >= 0.6 is 10.8 Å². The summed E-state index contributed by atoms with van der Waals surface area (Å²) in [6, 6.07) is 8.17. The van der Waals surface area contributed by atoms with Crippen LogP contribution < -0.4 is 10.0 Å². The maximum absolute atomic E-state index is 12.8. The van der Waals surface area contributed by atoms with Crippen LogP contribution in [-0.2, 0) is 12.8 Å². The number of amides is 1. The monoisotopic (exact) mass is 402 g/mol. The van der Waals surface area contributed by atoms with Crippen LogP contribution in [0.2, 0.25) is 0 Å². The molecule has 150 valence electrons. The Bertz CT molecular complexity index is 830. The second-order valence-corrected chi connectivity index (χ2v) is 9.61. The summed E-state index contributed by atoms with van der Waals surface area (Å²) < 4.78 is 24.0. The van der Waals surface area contributed by atoms with E-state index in [1.54, 1.807) is 0 Å². The number of rotatable bonds is 5. The molecule has 2 aromatic rings. The zero-order valence-corrected chi connectivity index (χ0v) is 16.5. The molecule has 0 aliphatic heterocycles. The number of nitrogens with zero attached hydrogens (tertiary/aromatic N) is 2. The number of fused-ring (bicyclic) bond motifs is 1. The largest absolute Gasteiger partial charge is 0.347 e. The maximum Gasteiger partial charge on any atom is 0.274 e. The van der Waals surface area contributed by atoms with Crippen LogP contribution in [0.25, 0.3) is 0 Å². The van der Waals surface area contributed by atoms with Crippen molar-refractivity contribution in [2.45, 2.75) is 56.2 Å². The molecule has 1 heterocycles. The Balaban J connectivity index is 1.46. The highest BCUT2D eigenvalue weighted by Crippen LogP contribution is 2.49. The molecule has 0 bridgehead atoms. The lowest BCUT2D eigenvalue weighted by molar-refractivity contribution is 0.0934. The van der Waals surface area contributed by atoms with Crippen LogP contribution in [0.1, 0.15) is 53.7 Å². The van der Waals surface area contributed by atoms with E-state index in [4.69, 9.17) is 0 Å². The summed E-state index contributed by atoms with van der Waals surface area (Å²) in [5, 5.41) is 2.79. The van der Waals surface area contributed by atoms with Crippen molar-refractivity contribution in [1.82, 2.24) is 15.3 Å². The van der Waals surface area contributed by atoms with Gasteiger partial charge in [-0.1, -0.05) is 43.5 Å². The quantitative estimate of drug-likeness (QED) is 0.606. The number of anilines is 1. The fourth-order valence-corrected chi connectivity index (χ4v) is 5.70. The van der Waals surface area contributed by atoms with E-state index in [1.165, 1.54) is 23.5 Å². The Hall–Kier alpha value is -2.16. The predicted molar refractivity (Wildman–Crippen MR) is 110 cm³/mol. The molecule has 4 rings (SSSR count). The summed E-state index contributed by atoms with van der Waals surface area (Å²) >= 11 is 0. The first-order valence-electron chi connectivity index (χ1n) is 9.76. The Morgan fingerprint density at radius 3 is 2.32 bits per heavy atom. The van der Waals surface area contributed by atoms with Crippen molar-refractivity contribution in [1.29, 1.82) is 0 Å². The van der Waals surface area contributed by atoms with E-state index >= 15 is 0 Å². The van der Waals surface area contributed by atoms with Gasteiger partial charge in [-0.3, -0.25) is 18.6 Å². The Morgan fingerprint density at radius 2 is 1.64 bits per heavy atom. The smallest absolute Gasteiger partial charge is 0.274 e. The van der Waals surface area contributed by atoms with Gasteiger partial charge in [-0.05, 0) is 36.8 Å². The van der Waals surface area contributed by atoms with Gasteiger partial charge in [0.05, 0.1) is 5.25 Å². The van der Waals surface area contributed by atoms with Gasteiger partial charge in [0, 0.05) is 18.4 Å². The minimum absolute atomic E-state index is 0.00143. The zero-order chi connectivity index (χ0) is 19.6. The molecule has 8 heteroatoms. The van der Waals surface area contributed by atoms with Gasteiger partial charge in [0.25, 0.3) is 5.91 Å². The van der Waals surface area contributed by atoms with E-state index in [0.29, 0.717) is 0 Å². The van der Waals surface area contributed by atoms with Crippen LogP contribution in [0, 0.1) is 0 Å². The average Bonchev–Trinajstić information content (AvgIpc) is 3.11. The normalized spacial score (nSPS) is 18.5. The third-order valence-corrected chi connectivity index (χ3v) is 7.46. The summed E-state index contributed by atoms with van der Waals surface area (Å²) in [6.07, 6.45) is 9.06. The molecule has 1 fully saturated rings. The van der Waals surface area contributed by atoms with Crippen molar-refractivity contribution in [2.24, 2.45) is 0 Å². The average molecular weight is 403 g/mol. The van der Waals surface area contributed by atoms with Crippen molar-refractivity contribution in [3.8, 4) is 0 Å². The number of aromatic nitrogens is 2. The topological polar surface area (TPSA) is 107 Å². The molecular weight excluding hydrogens is 376 g/mol. The third kappa shape index (κ3) is 4.14. The van der Waals surface area contributed by atoms with Crippen LogP contribution in [-0.4, -0.2) is 36.3 Å². The molecule has 7 nitrogen and oxygen atoms in total.